The normalized spacial score (nSPS) is 15.0. The highest BCUT2D eigenvalue weighted by molar-refractivity contribution is 6.02. The summed E-state index contributed by atoms with van der Waals surface area (Å²) in [4.78, 5) is 43.8. The number of nitrogens with zero attached hydrogens (tertiary/aromatic N) is 1. The molecule has 5 amide bonds. The van der Waals surface area contributed by atoms with Crippen molar-refractivity contribution in [1.29, 1.82) is 0 Å². The van der Waals surface area contributed by atoms with Crippen molar-refractivity contribution >= 4 is 45.9 Å². The number of carbonyl (C=O) groups is 3. The summed E-state index contributed by atoms with van der Waals surface area (Å²) in [6.45, 7) is 4.08. The van der Waals surface area contributed by atoms with Crippen molar-refractivity contribution in [1.82, 2.24) is 15.6 Å². The molecular formula is C30H32N6O3. The van der Waals surface area contributed by atoms with Gasteiger partial charge in [0.25, 0.3) is 0 Å². The van der Waals surface area contributed by atoms with Gasteiger partial charge in [0.05, 0.1) is 6.54 Å². The Bertz CT molecular complexity index is 1510. The van der Waals surface area contributed by atoms with Gasteiger partial charge in [0.15, 0.2) is 0 Å². The molecule has 3 aromatic carbocycles. The first-order valence-electron chi connectivity index (χ1n) is 13.1. The number of aryl methyl sites for hydroxylation is 1. The monoisotopic (exact) mass is 524 g/mol. The molecule has 0 fully saturated rings. The van der Waals surface area contributed by atoms with Crippen LogP contribution in [0.15, 0.2) is 79.0 Å². The lowest BCUT2D eigenvalue weighted by Crippen LogP contribution is -2.49. The molecule has 0 aliphatic carbocycles. The van der Waals surface area contributed by atoms with E-state index in [0.29, 0.717) is 30.8 Å². The average Bonchev–Trinajstić information content (AvgIpc) is 3.33. The van der Waals surface area contributed by atoms with Crippen molar-refractivity contribution in [3.05, 3.63) is 90.1 Å². The number of aromatic nitrogens is 1. The van der Waals surface area contributed by atoms with Gasteiger partial charge in [-0.1, -0.05) is 30.3 Å². The number of H-pyrrole nitrogens is 1. The van der Waals surface area contributed by atoms with E-state index in [4.69, 9.17) is 0 Å². The SMILES string of the molecule is CC(C)NC(=O)Nc1cccc(CN2C(=O)C(NC(=O)Nc3ccc4[nH]ccc4c3)CCc3ccccc32)c1. The average molecular weight is 525 g/mol. The lowest BCUT2D eigenvalue weighted by Gasteiger charge is -2.26. The van der Waals surface area contributed by atoms with Crippen LogP contribution in [0.1, 0.15) is 31.4 Å². The first-order valence-corrected chi connectivity index (χ1v) is 13.1. The van der Waals surface area contributed by atoms with Gasteiger partial charge in [0.2, 0.25) is 5.91 Å². The van der Waals surface area contributed by atoms with E-state index in [9.17, 15) is 14.4 Å². The minimum Gasteiger partial charge on any atom is -0.361 e. The summed E-state index contributed by atoms with van der Waals surface area (Å²) < 4.78 is 0. The summed E-state index contributed by atoms with van der Waals surface area (Å²) in [6, 6.07) is 21.3. The van der Waals surface area contributed by atoms with Crippen LogP contribution in [0, 0.1) is 0 Å². The van der Waals surface area contributed by atoms with E-state index in [-0.39, 0.29) is 18.0 Å². The highest BCUT2D eigenvalue weighted by Crippen LogP contribution is 2.29. The number of hydrogen-bond donors (Lipinski definition) is 5. The number of nitrogens with one attached hydrogen (secondary N) is 5. The Morgan fingerprint density at radius 1 is 0.949 bits per heavy atom. The quantitative estimate of drug-likeness (QED) is 0.233. The highest BCUT2D eigenvalue weighted by atomic mass is 16.2. The lowest BCUT2D eigenvalue weighted by molar-refractivity contribution is -0.120. The largest absolute Gasteiger partial charge is 0.361 e. The van der Waals surface area contributed by atoms with Gasteiger partial charge < -0.3 is 31.2 Å². The van der Waals surface area contributed by atoms with E-state index in [1.54, 1.807) is 11.0 Å². The van der Waals surface area contributed by atoms with Crippen LogP contribution in [0.5, 0.6) is 0 Å². The van der Waals surface area contributed by atoms with Crippen LogP contribution >= 0.6 is 0 Å². The lowest BCUT2D eigenvalue weighted by atomic mass is 10.1. The second-order valence-corrected chi connectivity index (χ2v) is 9.98. The van der Waals surface area contributed by atoms with Gasteiger partial charge in [-0.25, -0.2) is 9.59 Å². The maximum atomic E-state index is 13.8. The maximum absolute atomic E-state index is 13.8. The molecule has 0 bridgehead atoms. The predicted octanol–water partition coefficient (Wildman–Crippen LogP) is 5.37. The number of aromatic amines is 1. The molecular weight excluding hydrogens is 492 g/mol. The van der Waals surface area contributed by atoms with Crippen LogP contribution in [-0.4, -0.2) is 35.0 Å². The van der Waals surface area contributed by atoms with Crippen molar-refractivity contribution in [2.75, 3.05) is 15.5 Å². The van der Waals surface area contributed by atoms with E-state index < -0.39 is 12.1 Å². The molecule has 1 unspecified atom stereocenters. The van der Waals surface area contributed by atoms with Gasteiger partial charge >= 0.3 is 12.1 Å². The number of urea groups is 2. The molecule has 4 aromatic rings. The van der Waals surface area contributed by atoms with Crippen molar-refractivity contribution in [2.45, 2.75) is 45.3 Å². The third-order valence-corrected chi connectivity index (χ3v) is 6.61. The van der Waals surface area contributed by atoms with Gasteiger partial charge in [-0.05, 0) is 80.3 Å². The fourth-order valence-electron chi connectivity index (χ4n) is 4.83. The van der Waals surface area contributed by atoms with Crippen LogP contribution in [0.25, 0.3) is 10.9 Å². The van der Waals surface area contributed by atoms with E-state index >= 15 is 0 Å². The molecule has 39 heavy (non-hydrogen) atoms. The summed E-state index contributed by atoms with van der Waals surface area (Å²) in [6.07, 6.45) is 2.97. The van der Waals surface area contributed by atoms with Gasteiger partial charge in [-0.3, -0.25) is 4.79 Å². The molecule has 1 aliphatic rings. The van der Waals surface area contributed by atoms with Crippen LogP contribution < -0.4 is 26.2 Å². The minimum absolute atomic E-state index is 0.0116. The molecule has 5 N–H and O–H groups in total. The zero-order valence-electron chi connectivity index (χ0n) is 22.0. The van der Waals surface area contributed by atoms with E-state index in [1.165, 1.54) is 0 Å². The fraction of sp³-hybridized carbons (Fsp3) is 0.233. The number of amides is 5. The molecule has 1 aromatic heterocycles. The van der Waals surface area contributed by atoms with Crippen molar-refractivity contribution in [3.63, 3.8) is 0 Å². The fourth-order valence-corrected chi connectivity index (χ4v) is 4.83. The maximum Gasteiger partial charge on any atom is 0.319 e. The van der Waals surface area contributed by atoms with Gasteiger partial charge in [-0.15, -0.1) is 0 Å². The zero-order valence-corrected chi connectivity index (χ0v) is 22.0. The van der Waals surface area contributed by atoms with Crippen LogP contribution in [-0.2, 0) is 17.8 Å². The minimum atomic E-state index is -0.702. The number of hydrogen-bond acceptors (Lipinski definition) is 3. The standard InChI is InChI=1S/C30H32N6O3/c1-19(2)32-29(38)33-23-8-5-6-20(16-23)18-36-27-9-4-3-7-21(27)10-12-26(28(36)37)35-30(39)34-24-11-13-25-22(17-24)14-15-31-25/h3-9,11,13-17,19,26,31H,10,12,18H2,1-2H3,(H2,32,33,38)(H2,34,35,39). The smallest absolute Gasteiger partial charge is 0.319 e. The molecule has 0 saturated heterocycles. The Hall–Kier alpha value is -4.79. The Balaban J connectivity index is 1.33. The third kappa shape index (κ3) is 6.20. The second-order valence-electron chi connectivity index (χ2n) is 9.98. The van der Waals surface area contributed by atoms with Crippen LogP contribution in [0.3, 0.4) is 0 Å². The summed E-state index contributed by atoms with van der Waals surface area (Å²) in [5.74, 6) is -0.188. The number of benzene rings is 3. The van der Waals surface area contributed by atoms with Gasteiger partial charge in [-0.2, -0.15) is 0 Å². The van der Waals surface area contributed by atoms with E-state index in [1.807, 2.05) is 86.8 Å². The summed E-state index contributed by atoms with van der Waals surface area (Å²) >= 11 is 0. The molecule has 9 nitrogen and oxygen atoms in total. The topological polar surface area (TPSA) is 118 Å². The summed E-state index contributed by atoms with van der Waals surface area (Å²) in [7, 11) is 0. The first kappa shape index (κ1) is 25.8. The molecule has 0 spiro atoms. The molecule has 1 aliphatic heterocycles. The van der Waals surface area contributed by atoms with Gasteiger partial charge in [0.1, 0.15) is 6.04 Å². The van der Waals surface area contributed by atoms with E-state index in [2.05, 4.69) is 26.3 Å². The number of rotatable bonds is 6. The predicted molar refractivity (Wildman–Crippen MR) is 154 cm³/mol. The molecule has 0 saturated carbocycles. The molecule has 1 atom stereocenters. The molecule has 200 valence electrons. The van der Waals surface area contributed by atoms with Crippen molar-refractivity contribution < 1.29 is 14.4 Å². The van der Waals surface area contributed by atoms with Crippen LogP contribution in [0.4, 0.5) is 26.7 Å². The Kier molecular flexibility index (Phi) is 7.49. The Labute approximate surface area is 227 Å². The number of fused-ring (bicyclic) bond motifs is 2. The van der Waals surface area contributed by atoms with E-state index in [0.717, 1.165) is 27.7 Å². The Morgan fingerprint density at radius 3 is 2.59 bits per heavy atom. The molecule has 2 heterocycles. The van der Waals surface area contributed by atoms with Gasteiger partial charge in [0, 0.05) is 40.2 Å². The number of para-hydroxylation sites is 1. The Morgan fingerprint density at radius 2 is 1.74 bits per heavy atom. The van der Waals surface area contributed by atoms with Crippen molar-refractivity contribution in [3.8, 4) is 0 Å². The molecule has 9 heteroatoms. The second kappa shape index (κ2) is 11.3. The van der Waals surface area contributed by atoms with Crippen molar-refractivity contribution in [2.24, 2.45) is 0 Å². The third-order valence-electron chi connectivity index (χ3n) is 6.61. The zero-order chi connectivity index (χ0) is 27.4. The number of anilines is 3. The van der Waals surface area contributed by atoms with Crippen LogP contribution in [0.2, 0.25) is 0 Å². The molecule has 5 rings (SSSR count). The highest BCUT2D eigenvalue weighted by Gasteiger charge is 2.31. The first-order chi connectivity index (χ1) is 18.9. The summed E-state index contributed by atoms with van der Waals surface area (Å²) in [5, 5.41) is 12.4. The molecule has 0 radical (unpaired) electrons. The summed E-state index contributed by atoms with van der Waals surface area (Å²) in [5.41, 5.74) is 4.97. The number of carbonyl (C=O) groups excluding carboxylic acids is 3.